The topological polar surface area (TPSA) is 48.4 Å². The highest BCUT2D eigenvalue weighted by atomic mass is 16.3. The molecule has 3 nitrogen and oxygen atoms in total. The number of aromatic amines is 1. The molecule has 0 amide bonds. The summed E-state index contributed by atoms with van der Waals surface area (Å²) in [6.07, 6.45) is 0.941. The predicted molar refractivity (Wildman–Crippen MR) is 80.6 cm³/mol. The smallest absolute Gasteiger partial charge is 0.125 e. The van der Waals surface area contributed by atoms with E-state index in [1.54, 1.807) is 6.07 Å². The Bertz CT molecular complexity index is 830. The summed E-state index contributed by atoms with van der Waals surface area (Å²) >= 11 is 0. The highest BCUT2D eigenvalue weighted by Gasteiger charge is 2.21. The number of rotatable bonds is 1. The van der Waals surface area contributed by atoms with Gasteiger partial charge in [0, 0.05) is 23.0 Å². The Balaban J connectivity index is 1.97. The summed E-state index contributed by atoms with van der Waals surface area (Å²) in [4.78, 5) is 8.07. The van der Waals surface area contributed by atoms with Crippen molar-refractivity contribution >= 4 is 16.6 Å². The van der Waals surface area contributed by atoms with Crippen molar-refractivity contribution in [3.8, 4) is 5.75 Å². The predicted octanol–water partition coefficient (Wildman–Crippen LogP) is 3.27. The number of nitrogens with one attached hydrogen (secondary N) is 1. The molecule has 1 aliphatic rings. The van der Waals surface area contributed by atoms with Gasteiger partial charge in [0.15, 0.2) is 0 Å². The van der Waals surface area contributed by atoms with Crippen LogP contribution in [-0.2, 0) is 6.42 Å². The molecule has 0 unspecified atom stereocenters. The van der Waals surface area contributed by atoms with Crippen LogP contribution in [-0.4, -0.2) is 22.3 Å². The summed E-state index contributed by atoms with van der Waals surface area (Å²) in [7, 11) is 0. The number of aromatic hydroxyl groups is 1. The van der Waals surface area contributed by atoms with Crippen molar-refractivity contribution < 1.29 is 5.11 Å². The van der Waals surface area contributed by atoms with Crippen LogP contribution in [0.3, 0.4) is 0 Å². The number of para-hydroxylation sites is 2. The molecule has 0 radical (unpaired) electrons. The number of phenolic OH excluding ortho intramolecular Hbond substituents is 1. The largest absolute Gasteiger partial charge is 0.507 e. The number of hydrogen-bond donors (Lipinski definition) is 2. The molecule has 1 aliphatic heterocycles. The van der Waals surface area contributed by atoms with E-state index in [2.05, 4.69) is 28.2 Å². The van der Waals surface area contributed by atoms with Gasteiger partial charge in [0.05, 0.1) is 11.4 Å². The third kappa shape index (κ3) is 1.56. The van der Waals surface area contributed by atoms with E-state index < -0.39 is 0 Å². The molecule has 4 rings (SSSR count). The van der Waals surface area contributed by atoms with Gasteiger partial charge in [-0.15, -0.1) is 0 Å². The molecular formula is C17H14N2O. The van der Waals surface area contributed by atoms with Crippen molar-refractivity contribution in [3.63, 3.8) is 0 Å². The normalized spacial score (nSPS) is 14.1. The van der Waals surface area contributed by atoms with Crippen LogP contribution in [0, 0.1) is 0 Å². The molecule has 0 atom stereocenters. The van der Waals surface area contributed by atoms with Crippen LogP contribution in [0.25, 0.3) is 10.9 Å². The van der Waals surface area contributed by atoms with Crippen molar-refractivity contribution in [3.05, 3.63) is 65.4 Å². The third-order valence-electron chi connectivity index (χ3n) is 3.84. The molecule has 2 heterocycles. The Hall–Kier alpha value is -2.55. The second-order valence-corrected chi connectivity index (χ2v) is 5.02. The zero-order valence-corrected chi connectivity index (χ0v) is 10.9. The molecule has 3 heteroatoms. The fourth-order valence-corrected chi connectivity index (χ4v) is 2.91. The quantitative estimate of drug-likeness (QED) is 0.694. The lowest BCUT2D eigenvalue weighted by atomic mass is 9.97. The van der Waals surface area contributed by atoms with Crippen LogP contribution >= 0.6 is 0 Å². The number of aliphatic imine (C=N–C) groups is 1. The van der Waals surface area contributed by atoms with Crippen LogP contribution in [0.15, 0.2) is 53.5 Å². The molecule has 2 aromatic carbocycles. The van der Waals surface area contributed by atoms with Gasteiger partial charge in [0.25, 0.3) is 0 Å². The van der Waals surface area contributed by atoms with Gasteiger partial charge >= 0.3 is 0 Å². The number of benzene rings is 2. The van der Waals surface area contributed by atoms with Crippen LogP contribution in [0.1, 0.15) is 16.8 Å². The van der Waals surface area contributed by atoms with Gasteiger partial charge in [-0.25, -0.2) is 0 Å². The van der Waals surface area contributed by atoms with Gasteiger partial charge in [0.2, 0.25) is 0 Å². The zero-order valence-electron chi connectivity index (χ0n) is 10.9. The molecule has 1 aromatic heterocycles. The monoisotopic (exact) mass is 262 g/mol. The van der Waals surface area contributed by atoms with Gasteiger partial charge in [-0.1, -0.05) is 30.3 Å². The summed E-state index contributed by atoms with van der Waals surface area (Å²) in [6.45, 7) is 0.762. The first-order valence-corrected chi connectivity index (χ1v) is 6.77. The molecule has 0 saturated carbocycles. The van der Waals surface area contributed by atoms with E-state index in [0.717, 1.165) is 35.5 Å². The van der Waals surface area contributed by atoms with E-state index in [1.165, 1.54) is 10.9 Å². The lowest BCUT2D eigenvalue weighted by molar-refractivity contribution is 0.474. The summed E-state index contributed by atoms with van der Waals surface area (Å²) < 4.78 is 0. The maximum atomic E-state index is 10.1. The summed E-state index contributed by atoms with van der Waals surface area (Å²) in [6, 6.07) is 15.7. The molecular weight excluding hydrogens is 248 g/mol. The Labute approximate surface area is 116 Å². The first-order valence-electron chi connectivity index (χ1n) is 6.77. The number of H-pyrrole nitrogens is 1. The minimum atomic E-state index is 0.276. The first kappa shape index (κ1) is 11.3. The van der Waals surface area contributed by atoms with Crippen molar-refractivity contribution in [1.82, 2.24) is 4.98 Å². The molecule has 0 bridgehead atoms. The minimum absolute atomic E-state index is 0.276. The Kier molecular flexibility index (Phi) is 2.39. The highest BCUT2D eigenvalue weighted by molar-refractivity contribution is 6.17. The van der Waals surface area contributed by atoms with Gasteiger partial charge in [0.1, 0.15) is 5.75 Å². The van der Waals surface area contributed by atoms with Crippen molar-refractivity contribution in [2.45, 2.75) is 6.42 Å². The Morgan fingerprint density at radius 3 is 2.70 bits per heavy atom. The molecule has 2 N–H and O–H groups in total. The lowest BCUT2D eigenvalue weighted by Gasteiger charge is -2.14. The van der Waals surface area contributed by atoms with E-state index >= 15 is 0 Å². The number of nitrogens with zero attached hydrogens (tertiary/aromatic N) is 1. The zero-order chi connectivity index (χ0) is 13.5. The van der Waals surface area contributed by atoms with Crippen LogP contribution in [0.4, 0.5) is 0 Å². The molecule has 20 heavy (non-hydrogen) atoms. The van der Waals surface area contributed by atoms with Crippen molar-refractivity contribution in [2.24, 2.45) is 4.99 Å². The van der Waals surface area contributed by atoms with E-state index in [9.17, 15) is 5.11 Å². The van der Waals surface area contributed by atoms with Crippen LogP contribution in [0.2, 0.25) is 0 Å². The SMILES string of the molecule is Oc1ccccc1C1=NCCc2c1[nH]c1ccccc21. The fourth-order valence-electron chi connectivity index (χ4n) is 2.91. The van der Waals surface area contributed by atoms with Gasteiger partial charge in [-0.05, 0) is 30.2 Å². The highest BCUT2D eigenvalue weighted by Crippen LogP contribution is 2.30. The molecule has 0 spiro atoms. The number of phenols is 1. The third-order valence-corrected chi connectivity index (χ3v) is 3.84. The van der Waals surface area contributed by atoms with E-state index in [0.29, 0.717) is 0 Å². The molecule has 98 valence electrons. The Morgan fingerprint density at radius 1 is 1.00 bits per heavy atom. The van der Waals surface area contributed by atoms with Crippen molar-refractivity contribution in [2.75, 3.05) is 6.54 Å². The van der Waals surface area contributed by atoms with Gasteiger partial charge < -0.3 is 10.1 Å². The van der Waals surface area contributed by atoms with E-state index in [4.69, 9.17) is 0 Å². The molecule has 0 saturated heterocycles. The van der Waals surface area contributed by atoms with Crippen LogP contribution < -0.4 is 0 Å². The summed E-state index contributed by atoms with van der Waals surface area (Å²) in [5.74, 6) is 0.276. The van der Waals surface area contributed by atoms with Gasteiger partial charge in [-0.2, -0.15) is 0 Å². The van der Waals surface area contributed by atoms with Gasteiger partial charge in [-0.3, -0.25) is 4.99 Å². The number of fused-ring (bicyclic) bond motifs is 3. The van der Waals surface area contributed by atoms with Crippen LogP contribution in [0.5, 0.6) is 5.75 Å². The summed E-state index contributed by atoms with van der Waals surface area (Å²) in [5.41, 5.74) is 5.12. The summed E-state index contributed by atoms with van der Waals surface area (Å²) in [5, 5.41) is 11.3. The fraction of sp³-hybridized carbons (Fsp3) is 0.118. The van der Waals surface area contributed by atoms with E-state index in [-0.39, 0.29) is 5.75 Å². The average molecular weight is 262 g/mol. The maximum Gasteiger partial charge on any atom is 0.125 e. The van der Waals surface area contributed by atoms with Crippen molar-refractivity contribution in [1.29, 1.82) is 0 Å². The molecule has 0 aliphatic carbocycles. The second-order valence-electron chi connectivity index (χ2n) is 5.02. The van der Waals surface area contributed by atoms with E-state index in [1.807, 2.05) is 24.3 Å². The average Bonchev–Trinajstić information content (AvgIpc) is 2.86. The molecule has 3 aromatic rings. The lowest BCUT2D eigenvalue weighted by Crippen LogP contribution is -2.13. The second kappa shape index (κ2) is 4.23. The minimum Gasteiger partial charge on any atom is -0.507 e. The molecule has 0 fully saturated rings. The first-order chi connectivity index (χ1) is 9.84. The maximum absolute atomic E-state index is 10.1. The standard InChI is InChI=1S/C17H14N2O/c20-15-8-4-2-6-13(15)16-17-12(9-10-18-16)11-5-1-3-7-14(11)19-17/h1-8,19-20H,9-10H2. The Morgan fingerprint density at radius 2 is 1.80 bits per heavy atom. The number of hydrogen-bond acceptors (Lipinski definition) is 2. The number of aromatic nitrogens is 1.